The fourth-order valence-corrected chi connectivity index (χ4v) is 0.234. The molecule has 0 aromatic heterocycles. The number of nitrogens with two attached hydrogens (primary N) is 2. The van der Waals surface area contributed by atoms with Crippen molar-refractivity contribution in [2.24, 2.45) is 11.5 Å². The van der Waals surface area contributed by atoms with Gasteiger partial charge in [0.15, 0.2) is 0 Å². The molecule has 0 bridgehead atoms. The zero-order valence-electron chi connectivity index (χ0n) is 7.17. The number of hydrogen-bond acceptors (Lipinski definition) is 5. The van der Waals surface area contributed by atoms with Crippen LogP contribution in [-0.2, 0) is 9.59 Å². The Morgan fingerprint density at radius 2 is 1.62 bits per heavy atom. The SMILES string of the molecule is C[C@@H](N)C(=O)O.N[C@@H](CS)C(=O)O. The first-order chi connectivity index (χ1) is 5.82. The summed E-state index contributed by atoms with van der Waals surface area (Å²) in [6, 6.07) is -1.55. The number of aliphatic carboxylic acids is 2. The average molecular weight is 210 g/mol. The van der Waals surface area contributed by atoms with E-state index in [1.54, 1.807) is 0 Å². The normalized spacial score (nSPS) is 13.5. The minimum atomic E-state index is -1.00. The van der Waals surface area contributed by atoms with Crippen LogP contribution in [0.4, 0.5) is 0 Å². The van der Waals surface area contributed by atoms with Gasteiger partial charge in [-0.1, -0.05) is 0 Å². The molecule has 7 heteroatoms. The fraction of sp³-hybridized carbons (Fsp3) is 0.667. The summed E-state index contributed by atoms with van der Waals surface area (Å²) in [7, 11) is 0. The summed E-state index contributed by atoms with van der Waals surface area (Å²) in [6.45, 7) is 1.42. The van der Waals surface area contributed by atoms with Crippen molar-refractivity contribution in [3.8, 4) is 0 Å². The van der Waals surface area contributed by atoms with Crippen LogP contribution in [0.15, 0.2) is 0 Å². The maximum Gasteiger partial charge on any atom is 0.321 e. The van der Waals surface area contributed by atoms with E-state index in [1.807, 2.05) is 0 Å². The molecule has 6 nitrogen and oxygen atoms in total. The van der Waals surface area contributed by atoms with E-state index in [0.717, 1.165) is 0 Å². The molecule has 2 atom stereocenters. The molecule has 0 amide bonds. The summed E-state index contributed by atoms with van der Waals surface area (Å²) < 4.78 is 0. The highest BCUT2D eigenvalue weighted by Gasteiger charge is 2.06. The molecule has 13 heavy (non-hydrogen) atoms. The summed E-state index contributed by atoms with van der Waals surface area (Å²) in [6.07, 6.45) is 0. The summed E-state index contributed by atoms with van der Waals surface area (Å²) in [5, 5.41) is 15.9. The Balaban J connectivity index is 0. The van der Waals surface area contributed by atoms with Gasteiger partial charge in [0, 0.05) is 5.75 Å². The van der Waals surface area contributed by atoms with E-state index in [-0.39, 0.29) is 5.75 Å². The van der Waals surface area contributed by atoms with Gasteiger partial charge >= 0.3 is 11.9 Å². The summed E-state index contributed by atoms with van der Waals surface area (Å²) in [5.74, 6) is -1.78. The Bertz CT molecular complexity index is 174. The maximum absolute atomic E-state index is 9.76. The van der Waals surface area contributed by atoms with Gasteiger partial charge in [-0.25, -0.2) is 0 Å². The van der Waals surface area contributed by atoms with Crippen molar-refractivity contribution in [1.29, 1.82) is 0 Å². The van der Waals surface area contributed by atoms with Gasteiger partial charge in [-0.2, -0.15) is 12.6 Å². The summed E-state index contributed by atoms with van der Waals surface area (Å²) >= 11 is 3.65. The van der Waals surface area contributed by atoms with E-state index in [9.17, 15) is 9.59 Å². The highest BCUT2D eigenvalue weighted by atomic mass is 32.1. The van der Waals surface area contributed by atoms with Crippen LogP contribution < -0.4 is 11.5 Å². The molecule has 0 saturated heterocycles. The van der Waals surface area contributed by atoms with Crippen LogP contribution >= 0.6 is 12.6 Å². The molecule has 0 spiro atoms. The number of carbonyl (C=O) groups is 2. The second kappa shape index (κ2) is 7.84. The monoisotopic (exact) mass is 210 g/mol. The Morgan fingerprint density at radius 1 is 1.31 bits per heavy atom. The highest BCUT2D eigenvalue weighted by Crippen LogP contribution is 1.80. The lowest BCUT2D eigenvalue weighted by molar-refractivity contribution is -0.138. The number of carboxylic acids is 2. The first-order valence-electron chi connectivity index (χ1n) is 3.40. The van der Waals surface area contributed by atoms with Gasteiger partial charge in [0.05, 0.1) is 0 Å². The zero-order chi connectivity index (χ0) is 11.0. The third-order valence-corrected chi connectivity index (χ3v) is 1.30. The molecule has 0 fully saturated rings. The van der Waals surface area contributed by atoms with E-state index in [1.165, 1.54) is 6.92 Å². The maximum atomic E-state index is 9.76. The molecule has 0 rings (SSSR count). The molecule has 0 saturated carbocycles. The van der Waals surface area contributed by atoms with E-state index in [0.29, 0.717) is 0 Å². The van der Waals surface area contributed by atoms with Crippen LogP contribution in [0, 0.1) is 0 Å². The smallest absolute Gasteiger partial charge is 0.321 e. The van der Waals surface area contributed by atoms with Gasteiger partial charge in [0.2, 0.25) is 0 Å². The minimum Gasteiger partial charge on any atom is -0.480 e. The largest absolute Gasteiger partial charge is 0.480 e. The predicted octanol–water partition coefficient (Wildman–Crippen LogP) is -1.25. The molecule has 6 N–H and O–H groups in total. The zero-order valence-corrected chi connectivity index (χ0v) is 8.07. The van der Waals surface area contributed by atoms with Gasteiger partial charge in [0.1, 0.15) is 12.1 Å². The molecular formula is C6H14N2O4S. The third kappa shape index (κ3) is 11.2. The van der Waals surface area contributed by atoms with Crippen LogP contribution in [0.1, 0.15) is 6.92 Å². The Labute approximate surface area is 81.3 Å². The molecular weight excluding hydrogens is 196 g/mol. The van der Waals surface area contributed by atoms with E-state index >= 15 is 0 Å². The topological polar surface area (TPSA) is 127 Å². The van der Waals surface area contributed by atoms with Gasteiger partial charge in [-0.3, -0.25) is 9.59 Å². The second-order valence-corrected chi connectivity index (χ2v) is 2.62. The quantitative estimate of drug-likeness (QED) is 0.370. The lowest BCUT2D eigenvalue weighted by Gasteiger charge is -1.96. The molecule has 0 aliphatic rings. The molecule has 0 aromatic carbocycles. The Kier molecular flexibility index (Phi) is 8.87. The molecule has 0 unspecified atom stereocenters. The lowest BCUT2D eigenvalue weighted by Crippen LogP contribution is -2.31. The molecule has 0 radical (unpaired) electrons. The van der Waals surface area contributed by atoms with Crippen LogP contribution in [-0.4, -0.2) is 40.0 Å². The molecule has 0 aromatic rings. The van der Waals surface area contributed by atoms with Gasteiger partial charge < -0.3 is 21.7 Å². The van der Waals surface area contributed by atoms with Crippen molar-refractivity contribution in [2.75, 3.05) is 5.75 Å². The minimum absolute atomic E-state index is 0.190. The van der Waals surface area contributed by atoms with Crippen molar-refractivity contribution in [3.05, 3.63) is 0 Å². The molecule has 0 heterocycles. The fourth-order valence-electron chi connectivity index (χ4n) is 0.0781. The lowest BCUT2D eigenvalue weighted by atomic mass is 10.4. The number of carboxylic acid groups (broad SMARTS) is 2. The summed E-state index contributed by atoms with van der Waals surface area (Å²) in [4.78, 5) is 19.3. The first-order valence-corrected chi connectivity index (χ1v) is 4.03. The third-order valence-electron chi connectivity index (χ3n) is 0.903. The number of thiol groups is 1. The highest BCUT2D eigenvalue weighted by molar-refractivity contribution is 7.80. The van der Waals surface area contributed by atoms with E-state index in [2.05, 4.69) is 12.6 Å². The van der Waals surface area contributed by atoms with Gasteiger partial charge in [0.25, 0.3) is 0 Å². The molecule has 0 aliphatic carbocycles. The standard InChI is InChI=1S/C3H7NO2S.C3H7NO2/c4-2(1-7)3(5)6;1-2(4)3(5)6/h2,7H,1,4H2,(H,5,6);2H,4H2,1H3,(H,5,6)/t2*2-/m01/s1. The van der Waals surface area contributed by atoms with Crippen molar-refractivity contribution in [3.63, 3.8) is 0 Å². The van der Waals surface area contributed by atoms with Crippen LogP contribution in [0.3, 0.4) is 0 Å². The summed E-state index contributed by atoms with van der Waals surface area (Å²) in [5.41, 5.74) is 9.78. The Morgan fingerprint density at radius 3 is 1.62 bits per heavy atom. The van der Waals surface area contributed by atoms with Crippen molar-refractivity contribution < 1.29 is 19.8 Å². The van der Waals surface area contributed by atoms with Gasteiger partial charge in [-0.05, 0) is 6.92 Å². The van der Waals surface area contributed by atoms with E-state index < -0.39 is 24.0 Å². The van der Waals surface area contributed by atoms with Crippen LogP contribution in [0.5, 0.6) is 0 Å². The first kappa shape index (κ1) is 14.7. The van der Waals surface area contributed by atoms with Crippen molar-refractivity contribution >= 4 is 24.6 Å². The number of hydrogen-bond donors (Lipinski definition) is 5. The average Bonchev–Trinajstić information content (AvgIpc) is 2.03. The Hall–Kier alpha value is -0.790. The molecule has 0 aliphatic heterocycles. The van der Waals surface area contributed by atoms with E-state index in [4.69, 9.17) is 21.7 Å². The predicted molar refractivity (Wildman–Crippen MR) is 50.7 cm³/mol. The number of rotatable bonds is 3. The van der Waals surface area contributed by atoms with Crippen LogP contribution in [0.2, 0.25) is 0 Å². The van der Waals surface area contributed by atoms with Crippen LogP contribution in [0.25, 0.3) is 0 Å². The van der Waals surface area contributed by atoms with Crippen molar-refractivity contribution in [1.82, 2.24) is 0 Å². The van der Waals surface area contributed by atoms with Crippen molar-refractivity contribution in [2.45, 2.75) is 19.0 Å². The second-order valence-electron chi connectivity index (χ2n) is 2.25. The van der Waals surface area contributed by atoms with Gasteiger partial charge in [-0.15, -0.1) is 0 Å². The molecule has 78 valence electrons.